The molecule has 3 rings (SSSR count). The van der Waals surface area contributed by atoms with Gasteiger partial charge in [0.05, 0.1) is 6.04 Å². The summed E-state index contributed by atoms with van der Waals surface area (Å²) in [5.41, 5.74) is 1.23. The lowest BCUT2D eigenvalue weighted by atomic mass is 10.0. The average Bonchev–Trinajstić information content (AvgIpc) is 2.72. The number of hydrogen-bond acceptors (Lipinski definition) is 2. The van der Waals surface area contributed by atoms with E-state index in [4.69, 9.17) is 0 Å². The lowest BCUT2D eigenvalue weighted by Gasteiger charge is -2.21. The van der Waals surface area contributed by atoms with Gasteiger partial charge in [0, 0.05) is 12.6 Å². The summed E-state index contributed by atoms with van der Waals surface area (Å²) < 4.78 is 0. The van der Waals surface area contributed by atoms with Crippen molar-refractivity contribution in [3.8, 4) is 0 Å². The summed E-state index contributed by atoms with van der Waals surface area (Å²) in [6, 6.07) is 15.0. The second-order valence-electron chi connectivity index (χ2n) is 5.83. The minimum Gasteiger partial charge on any atom is -0.355 e. The van der Waals surface area contributed by atoms with E-state index in [0.717, 1.165) is 25.8 Å². The van der Waals surface area contributed by atoms with Crippen molar-refractivity contribution >= 4 is 16.7 Å². The minimum absolute atomic E-state index is 0.0750. The van der Waals surface area contributed by atoms with E-state index in [1.165, 1.54) is 16.3 Å². The molecule has 1 aliphatic rings. The van der Waals surface area contributed by atoms with Gasteiger partial charge in [-0.2, -0.15) is 0 Å². The molecule has 2 aromatic carbocycles. The van der Waals surface area contributed by atoms with Crippen LogP contribution in [0, 0.1) is 0 Å². The van der Waals surface area contributed by atoms with E-state index in [1.54, 1.807) is 0 Å². The Bertz CT molecular complexity index is 638. The third-order valence-corrected chi connectivity index (χ3v) is 4.26. The zero-order chi connectivity index (χ0) is 14.7. The fourth-order valence-corrected chi connectivity index (χ4v) is 2.97. The number of benzene rings is 2. The summed E-state index contributed by atoms with van der Waals surface area (Å²) in [5.74, 6) is 0.139. The van der Waals surface area contributed by atoms with Crippen LogP contribution in [0.15, 0.2) is 42.5 Å². The Hall–Kier alpha value is -1.87. The fourth-order valence-electron chi connectivity index (χ4n) is 2.97. The average molecular weight is 282 g/mol. The predicted molar refractivity (Wildman–Crippen MR) is 86.1 cm³/mol. The lowest BCUT2D eigenvalue weighted by Crippen LogP contribution is -2.43. The van der Waals surface area contributed by atoms with Crippen LogP contribution in [0.25, 0.3) is 10.8 Å². The van der Waals surface area contributed by atoms with Crippen LogP contribution < -0.4 is 10.6 Å². The van der Waals surface area contributed by atoms with Crippen molar-refractivity contribution in [3.05, 3.63) is 48.0 Å². The minimum atomic E-state index is -0.0750. The molecule has 0 saturated carbocycles. The van der Waals surface area contributed by atoms with Crippen LogP contribution in [-0.2, 0) is 4.79 Å². The Morgan fingerprint density at radius 2 is 1.95 bits per heavy atom. The van der Waals surface area contributed by atoms with Gasteiger partial charge in [0.15, 0.2) is 0 Å². The summed E-state index contributed by atoms with van der Waals surface area (Å²) in [4.78, 5) is 12.0. The number of carbonyl (C=O) groups is 1. The molecule has 0 spiro atoms. The fraction of sp³-hybridized carbons (Fsp3) is 0.389. The molecule has 1 heterocycles. The molecule has 1 amide bonds. The second kappa shape index (κ2) is 6.27. The van der Waals surface area contributed by atoms with Crippen molar-refractivity contribution < 1.29 is 4.79 Å². The van der Waals surface area contributed by atoms with Crippen LogP contribution in [0.3, 0.4) is 0 Å². The lowest BCUT2D eigenvalue weighted by molar-refractivity contribution is -0.123. The molecular formula is C18H22N2O. The number of amides is 1. The Labute approximate surface area is 125 Å². The summed E-state index contributed by atoms with van der Waals surface area (Å²) in [5, 5.41) is 8.95. The Kier molecular flexibility index (Phi) is 4.20. The summed E-state index contributed by atoms with van der Waals surface area (Å²) in [7, 11) is 0. The van der Waals surface area contributed by atoms with E-state index in [9.17, 15) is 4.79 Å². The quantitative estimate of drug-likeness (QED) is 0.908. The van der Waals surface area contributed by atoms with E-state index < -0.39 is 0 Å². The van der Waals surface area contributed by atoms with Gasteiger partial charge in [-0.25, -0.2) is 0 Å². The highest BCUT2D eigenvalue weighted by Gasteiger charge is 2.22. The van der Waals surface area contributed by atoms with Crippen LogP contribution >= 0.6 is 0 Å². The van der Waals surface area contributed by atoms with Crippen LogP contribution in [0.1, 0.15) is 37.8 Å². The SMILES string of the molecule is CC(NC1CCCCNC1=O)c1ccc2ccccc2c1. The van der Waals surface area contributed by atoms with Crippen LogP contribution in [0.2, 0.25) is 0 Å². The molecule has 0 radical (unpaired) electrons. The van der Waals surface area contributed by atoms with Gasteiger partial charge in [0.25, 0.3) is 0 Å². The smallest absolute Gasteiger partial charge is 0.237 e. The second-order valence-corrected chi connectivity index (χ2v) is 5.83. The van der Waals surface area contributed by atoms with Gasteiger partial charge in [-0.05, 0) is 48.6 Å². The van der Waals surface area contributed by atoms with Gasteiger partial charge < -0.3 is 5.32 Å². The summed E-state index contributed by atoms with van der Waals surface area (Å²) in [6.45, 7) is 2.93. The first-order chi connectivity index (χ1) is 10.2. The normalized spacial score (nSPS) is 20.8. The van der Waals surface area contributed by atoms with Crippen molar-refractivity contribution in [2.75, 3.05) is 6.54 Å². The van der Waals surface area contributed by atoms with Crippen molar-refractivity contribution in [2.24, 2.45) is 0 Å². The number of carbonyl (C=O) groups excluding carboxylic acids is 1. The first kappa shape index (κ1) is 14.1. The van der Waals surface area contributed by atoms with Gasteiger partial charge in [0.1, 0.15) is 0 Å². The van der Waals surface area contributed by atoms with Crippen molar-refractivity contribution in [1.29, 1.82) is 0 Å². The van der Waals surface area contributed by atoms with Crippen LogP contribution in [0.5, 0.6) is 0 Å². The van der Waals surface area contributed by atoms with Crippen LogP contribution in [-0.4, -0.2) is 18.5 Å². The maximum atomic E-state index is 12.0. The Balaban J connectivity index is 1.76. The predicted octanol–water partition coefficient (Wildman–Crippen LogP) is 3.16. The zero-order valence-corrected chi connectivity index (χ0v) is 12.4. The molecule has 2 atom stereocenters. The number of nitrogens with one attached hydrogen (secondary N) is 2. The molecule has 1 aliphatic heterocycles. The molecule has 21 heavy (non-hydrogen) atoms. The van der Waals surface area contributed by atoms with Gasteiger partial charge >= 0.3 is 0 Å². The molecule has 0 aliphatic carbocycles. The maximum Gasteiger partial charge on any atom is 0.237 e. The molecule has 3 nitrogen and oxygen atoms in total. The first-order valence-electron chi connectivity index (χ1n) is 7.76. The van der Waals surface area contributed by atoms with E-state index in [0.29, 0.717) is 0 Å². The Morgan fingerprint density at radius 1 is 1.14 bits per heavy atom. The molecule has 3 heteroatoms. The monoisotopic (exact) mass is 282 g/mol. The van der Waals surface area contributed by atoms with Gasteiger partial charge in [0.2, 0.25) is 5.91 Å². The number of rotatable bonds is 3. The molecule has 0 bridgehead atoms. The standard InChI is InChI=1S/C18H22N2O/c1-13(20-17-8-4-5-11-19-18(17)21)15-10-9-14-6-2-3-7-16(14)12-15/h2-3,6-7,9-10,12-13,17,20H,4-5,8,11H2,1H3,(H,19,21). The largest absolute Gasteiger partial charge is 0.355 e. The first-order valence-corrected chi connectivity index (χ1v) is 7.76. The summed E-state index contributed by atoms with van der Waals surface area (Å²) in [6.07, 6.45) is 3.10. The topological polar surface area (TPSA) is 41.1 Å². The third-order valence-electron chi connectivity index (χ3n) is 4.26. The van der Waals surface area contributed by atoms with Gasteiger partial charge in [-0.15, -0.1) is 0 Å². The van der Waals surface area contributed by atoms with E-state index in [2.05, 4.69) is 60.0 Å². The highest BCUT2D eigenvalue weighted by atomic mass is 16.2. The van der Waals surface area contributed by atoms with Gasteiger partial charge in [-0.3, -0.25) is 10.1 Å². The highest BCUT2D eigenvalue weighted by molar-refractivity contribution is 5.83. The molecule has 1 fully saturated rings. The molecular weight excluding hydrogens is 260 g/mol. The Morgan fingerprint density at radius 3 is 2.81 bits per heavy atom. The van der Waals surface area contributed by atoms with Crippen molar-refractivity contribution in [1.82, 2.24) is 10.6 Å². The summed E-state index contributed by atoms with van der Waals surface area (Å²) >= 11 is 0. The number of hydrogen-bond donors (Lipinski definition) is 2. The molecule has 2 unspecified atom stereocenters. The zero-order valence-electron chi connectivity index (χ0n) is 12.4. The maximum absolute atomic E-state index is 12.0. The molecule has 110 valence electrons. The van der Waals surface area contributed by atoms with E-state index >= 15 is 0 Å². The van der Waals surface area contributed by atoms with Gasteiger partial charge in [-0.1, -0.05) is 36.4 Å². The van der Waals surface area contributed by atoms with E-state index in [-0.39, 0.29) is 18.0 Å². The van der Waals surface area contributed by atoms with Crippen LogP contribution in [0.4, 0.5) is 0 Å². The van der Waals surface area contributed by atoms with Crippen molar-refractivity contribution in [2.45, 2.75) is 38.3 Å². The van der Waals surface area contributed by atoms with Crippen molar-refractivity contribution in [3.63, 3.8) is 0 Å². The number of fused-ring (bicyclic) bond motifs is 1. The molecule has 1 saturated heterocycles. The van der Waals surface area contributed by atoms with E-state index in [1.807, 2.05) is 0 Å². The molecule has 2 N–H and O–H groups in total. The highest BCUT2D eigenvalue weighted by Crippen LogP contribution is 2.21. The third kappa shape index (κ3) is 3.24. The molecule has 2 aromatic rings. The molecule has 0 aromatic heterocycles.